The Balaban J connectivity index is 1.62. The normalized spacial score (nSPS) is 22.1. The van der Waals surface area contributed by atoms with Gasteiger partial charge in [-0.3, -0.25) is 0 Å². The van der Waals surface area contributed by atoms with Crippen molar-refractivity contribution in [2.24, 2.45) is 5.92 Å². The van der Waals surface area contributed by atoms with E-state index >= 15 is 0 Å². The monoisotopic (exact) mass is 358 g/mol. The van der Waals surface area contributed by atoms with Crippen molar-refractivity contribution in [1.29, 1.82) is 0 Å². The minimum Gasteiger partial charge on any atom is -0.0654 e. The lowest BCUT2D eigenvalue weighted by molar-refractivity contribution is 0.303. The van der Waals surface area contributed by atoms with E-state index in [0.29, 0.717) is 0 Å². The Bertz CT molecular complexity index is 608. The molecule has 1 fully saturated rings. The van der Waals surface area contributed by atoms with E-state index in [1.807, 2.05) is 0 Å². The molecule has 2 aromatic rings. The Morgan fingerprint density at radius 1 is 0.909 bits per heavy atom. The van der Waals surface area contributed by atoms with Crippen LogP contribution in [0, 0.1) is 5.92 Å². The molecule has 22 heavy (non-hydrogen) atoms. The summed E-state index contributed by atoms with van der Waals surface area (Å²) in [4.78, 5) is 0. The van der Waals surface area contributed by atoms with Crippen molar-refractivity contribution in [1.82, 2.24) is 0 Å². The van der Waals surface area contributed by atoms with Gasteiger partial charge in [0.1, 0.15) is 0 Å². The van der Waals surface area contributed by atoms with E-state index in [0.717, 1.165) is 11.8 Å². The molecule has 0 radical (unpaired) electrons. The largest absolute Gasteiger partial charge is 0.0654 e. The van der Waals surface area contributed by atoms with Gasteiger partial charge in [-0.25, -0.2) is 0 Å². The molecular formula is C21H27Br. The van der Waals surface area contributed by atoms with Crippen LogP contribution in [0.15, 0.2) is 40.9 Å². The molecule has 0 saturated heterocycles. The van der Waals surface area contributed by atoms with E-state index in [4.69, 9.17) is 0 Å². The molecule has 1 aliphatic rings. The van der Waals surface area contributed by atoms with Gasteiger partial charge >= 0.3 is 0 Å². The third kappa shape index (κ3) is 3.93. The minimum absolute atomic E-state index is 0.787. The van der Waals surface area contributed by atoms with Gasteiger partial charge in [-0.05, 0) is 66.0 Å². The Labute approximate surface area is 143 Å². The fraction of sp³-hybridized carbons (Fsp3) is 0.524. The third-order valence-corrected chi connectivity index (χ3v) is 5.85. The van der Waals surface area contributed by atoms with Gasteiger partial charge in [0, 0.05) is 4.47 Å². The van der Waals surface area contributed by atoms with Gasteiger partial charge < -0.3 is 0 Å². The second-order valence-electron chi connectivity index (χ2n) is 6.96. The van der Waals surface area contributed by atoms with E-state index in [1.165, 1.54) is 66.6 Å². The van der Waals surface area contributed by atoms with Crippen molar-refractivity contribution in [3.63, 3.8) is 0 Å². The minimum atomic E-state index is 0.787. The standard InChI is InChI=1S/C21H27Br/c1-2-3-4-5-16-6-8-17(9-7-16)18-10-11-20-15-21(22)13-12-19(20)14-18/h10-17H,2-9H2,1H3/t16-,17-. The average Bonchev–Trinajstić information content (AvgIpc) is 2.55. The predicted molar refractivity (Wildman–Crippen MR) is 100 cm³/mol. The summed E-state index contributed by atoms with van der Waals surface area (Å²) >= 11 is 3.56. The first kappa shape index (κ1) is 16.1. The fourth-order valence-corrected chi connectivity index (χ4v) is 4.34. The molecule has 0 N–H and O–H groups in total. The van der Waals surface area contributed by atoms with Crippen molar-refractivity contribution < 1.29 is 0 Å². The van der Waals surface area contributed by atoms with Crippen LogP contribution in [-0.4, -0.2) is 0 Å². The average molecular weight is 359 g/mol. The first-order valence-electron chi connectivity index (χ1n) is 8.95. The smallest absolute Gasteiger partial charge is 0.0181 e. The number of benzene rings is 2. The highest BCUT2D eigenvalue weighted by molar-refractivity contribution is 9.10. The topological polar surface area (TPSA) is 0 Å². The molecule has 0 spiro atoms. The molecule has 0 heterocycles. The summed E-state index contributed by atoms with van der Waals surface area (Å²) in [7, 11) is 0. The van der Waals surface area contributed by atoms with Crippen molar-refractivity contribution in [3.8, 4) is 0 Å². The van der Waals surface area contributed by atoms with Crippen molar-refractivity contribution >= 4 is 26.7 Å². The highest BCUT2D eigenvalue weighted by Gasteiger charge is 2.22. The first-order valence-corrected chi connectivity index (χ1v) is 9.75. The Morgan fingerprint density at radius 3 is 2.41 bits per heavy atom. The molecule has 0 aromatic heterocycles. The van der Waals surface area contributed by atoms with Crippen LogP contribution in [0.5, 0.6) is 0 Å². The molecular weight excluding hydrogens is 332 g/mol. The Morgan fingerprint density at radius 2 is 1.64 bits per heavy atom. The molecule has 0 bridgehead atoms. The summed E-state index contributed by atoms with van der Waals surface area (Å²) in [6.45, 7) is 2.30. The highest BCUT2D eigenvalue weighted by atomic mass is 79.9. The second-order valence-corrected chi connectivity index (χ2v) is 7.88. The molecule has 0 nitrogen and oxygen atoms in total. The molecule has 3 rings (SSSR count). The van der Waals surface area contributed by atoms with E-state index < -0.39 is 0 Å². The lowest BCUT2D eigenvalue weighted by Crippen LogP contribution is -2.13. The van der Waals surface area contributed by atoms with E-state index in [2.05, 4.69) is 59.3 Å². The molecule has 0 unspecified atom stereocenters. The molecule has 0 amide bonds. The van der Waals surface area contributed by atoms with Crippen LogP contribution in [0.2, 0.25) is 0 Å². The van der Waals surface area contributed by atoms with Crippen molar-refractivity contribution in [2.75, 3.05) is 0 Å². The quantitative estimate of drug-likeness (QED) is 0.486. The van der Waals surface area contributed by atoms with Gasteiger partial charge in [0.25, 0.3) is 0 Å². The molecule has 0 aliphatic heterocycles. The van der Waals surface area contributed by atoms with Gasteiger partial charge in [0.15, 0.2) is 0 Å². The summed E-state index contributed by atoms with van der Waals surface area (Å²) in [6, 6.07) is 13.7. The van der Waals surface area contributed by atoms with Crippen LogP contribution in [0.1, 0.15) is 69.8 Å². The molecule has 1 saturated carbocycles. The summed E-state index contributed by atoms with van der Waals surface area (Å²) in [5, 5.41) is 2.72. The first-order chi connectivity index (χ1) is 10.8. The van der Waals surface area contributed by atoms with Gasteiger partial charge in [0.2, 0.25) is 0 Å². The number of hydrogen-bond acceptors (Lipinski definition) is 0. The maximum absolute atomic E-state index is 3.56. The van der Waals surface area contributed by atoms with Crippen LogP contribution < -0.4 is 0 Å². The molecule has 1 aliphatic carbocycles. The van der Waals surface area contributed by atoms with E-state index in [9.17, 15) is 0 Å². The number of hydrogen-bond donors (Lipinski definition) is 0. The fourth-order valence-electron chi connectivity index (χ4n) is 3.96. The van der Waals surface area contributed by atoms with Crippen LogP contribution >= 0.6 is 15.9 Å². The maximum Gasteiger partial charge on any atom is 0.0181 e. The summed E-state index contributed by atoms with van der Waals surface area (Å²) in [5.74, 6) is 1.79. The molecule has 0 atom stereocenters. The van der Waals surface area contributed by atoms with Gasteiger partial charge in [-0.2, -0.15) is 0 Å². The van der Waals surface area contributed by atoms with E-state index in [1.54, 1.807) is 5.56 Å². The zero-order valence-corrected chi connectivity index (χ0v) is 15.2. The van der Waals surface area contributed by atoms with Crippen LogP contribution in [-0.2, 0) is 0 Å². The number of rotatable bonds is 5. The highest BCUT2D eigenvalue weighted by Crippen LogP contribution is 2.38. The van der Waals surface area contributed by atoms with E-state index in [-0.39, 0.29) is 0 Å². The number of halogens is 1. The zero-order valence-electron chi connectivity index (χ0n) is 13.7. The van der Waals surface area contributed by atoms with Gasteiger partial charge in [-0.1, -0.05) is 72.8 Å². The lowest BCUT2D eigenvalue weighted by atomic mass is 9.77. The predicted octanol–water partition coefficient (Wildman–Crippen LogP) is 7.46. The Kier molecular flexibility index (Phi) is 5.57. The molecule has 118 valence electrons. The maximum atomic E-state index is 3.56. The van der Waals surface area contributed by atoms with Crippen LogP contribution in [0.25, 0.3) is 10.8 Å². The van der Waals surface area contributed by atoms with Crippen LogP contribution in [0.4, 0.5) is 0 Å². The van der Waals surface area contributed by atoms with Crippen molar-refractivity contribution in [3.05, 3.63) is 46.4 Å². The molecule has 2 aromatic carbocycles. The van der Waals surface area contributed by atoms with Crippen molar-refractivity contribution in [2.45, 2.75) is 64.2 Å². The molecule has 1 heteroatoms. The summed E-state index contributed by atoms with van der Waals surface area (Å²) in [5.41, 5.74) is 1.56. The van der Waals surface area contributed by atoms with Gasteiger partial charge in [-0.15, -0.1) is 0 Å². The van der Waals surface area contributed by atoms with Gasteiger partial charge in [0.05, 0.1) is 0 Å². The second kappa shape index (κ2) is 7.64. The number of fused-ring (bicyclic) bond motifs is 1. The summed E-state index contributed by atoms with van der Waals surface area (Å²) < 4.78 is 1.17. The van der Waals surface area contributed by atoms with Crippen LogP contribution in [0.3, 0.4) is 0 Å². The lowest BCUT2D eigenvalue weighted by Gasteiger charge is -2.29. The SMILES string of the molecule is CCCCC[C@H]1CC[C@H](c2ccc3cc(Br)ccc3c2)CC1. The Hall–Kier alpha value is -0.820. The zero-order chi connectivity index (χ0) is 15.4. The third-order valence-electron chi connectivity index (χ3n) is 5.36. The number of unbranched alkanes of at least 4 members (excludes halogenated alkanes) is 2. The summed E-state index contributed by atoms with van der Waals surface area (Å²) in [6.07, 6.45) is 11.3.